The number of amides is 9. The first-order chi connectivity index (χ1) is 63.8. The van der Waals surface area contributed by atoms with E-state index in [1.165, 1.54) is 156 Å². The molecule has 0 aliphatic carbocycles. The lowest BCUT2D eigenvalue weighted by Gasteiger charge is -2.37. The second kappa shape index (κ2) is 90.6. The Morgan fingerprint density at radius 3 is 0.493 bits per heavy atom. The predicted molar refractivity (Wildman–Crippen MR) is 560 cm³/mol. The summed E-state index contributed by atoms with van der Waals surface area (Å²) < 4.78 is 54.3. The molecule has 3 atom stereocenters. The summed E-state index contributed by atoms with van der Waals surface area (Å²) in [6.07, 6.45) is 12.6. The molecule has 6 N–H and O–H groups in total. The number of rotatable bonds is 61. The van der Waals surface area contributed by atoms with Crippen LogP contribution in [0.2, 0.25) is 0 Å². The number of nitrogens with one attached hydrogen (secondary N) is 4. The molecule has 0 saturated carbocycles. The Bertz CT molecular complexity index is 2830. The fourth-order valence-electron chi connectivity index (χ4n) is 15.1. The van der Waals surface area contributed by atoms with Crippen molar-refractivity contribution in [3.63, 3.8) is 0 Å². The average Bonchev–Trinajstić information content (AvgIpc) is 0.865. The van der Waals surface area contributed by atoms with E-state index in [0.29, 0.717) is 59.5 Å². The maximum absolute atomic E-state index is 11.4. The Labute approximate surface area is 835 Å². The van der Waals surface area contributed by atoms with Gasteiger partial charge in [0.2, 0.25) is 0 Å². The van der Waals surface area contributed by atoms with Gasteiger partial charge in [0.15, 0.2) is 0 Å². The third-order valence-electron chi connectivity index (χ3n) is 25.1. The topological polar surface area (TPSA) is 324 Å². The van der Waals surface area contributed by atoms with Crippen LogP contribution in [0.1, 0.15) is 229 Å². The highest BCUT2D eigenvalue weighted by atomic mass is 16.6. The lowest BCUT2D eigenvalue weighted by Crippen LogP contribution is -2.51. The highest BCUT2D eigenvalue weighted by molar-refractivity contribution is 5.69. The number of quaternary nitrogens is 9. The van der Waals surface area contributed by atoms with Crippen molar-refractivity contribution >= 4 is 54.8 Å². The molecule has 0 saturated heterocycles. The standard InChI is InChI=1S/C14H31N2O2.C13H29N2O2.C13H28N2O2.2C12H26N2O2.C11H25N2O2.C10H22N2O2.C8H19N2O2.C7H16N2O2/c1-6-9-11-16(8-3,10-7-2)12-13-18-14(17)15(4)5;1-6-9-15(8-3,10-7-2)11-12-17-13(16)14(4)5;1-5-8-10-15(7-3,9-6-2)11-12-17-13(16)14-4;1-5-8-14(7-3,9-6-2)10-11-16-12(15)13-4;1-4-7-9-14(6-3,8-5-2)10-11-16-12(13)15;1-6-13(7-2,8-3)9-10-15-11(14)12(4)5;1-5-12(6-2,7-3)8-9-14-10(13)11-4;1-9(2)8(11)12-7-6-10(3,4)5;1-8-7(10)11-6-5-9(2,3)4/h6-13H2,1-5H3;6-12H2,1-5H3;5-12H2,1-4H3;5-11H2,1-4H3;4-11H2,1-3H3,(H-,13,15);6-10H2,1-5H3;5-9H2,1-4H3;6-7H2,1-5H3;5-6H2,1-4H3/q2*+1;;;;+1;;+1;/p+5. The number of ether oxygens (including phenoxy) is 9. The molecule has 3 unspecified atom stereocenters. The molecule has 0 fully saturated rings. The van der Waals surface area contributed by atoms with Gasteiger partial charge < -0.3 is 130 Å². The number of carbonyl (C=O) groups is 9. The molecule has 0 rings (SSSR count). The Hall–Kier alpha value is -6.93. The zero-order valence-electron chi connectivity index (χ0n) is 96.0. The van der Waals surface area contributed by atoms with Crippen LogP contribution >= 0.6 is 0 Å². The first kappa shape index (κ1) is 147. The summed E-state index contributed by atoms with van der Waals surface area (Å²) in [5, 5.41) is 9.76. The van der Waals surface area contributed by atoms with Crippen molar-refractivity contribution in [3.05, 3.63) is 0 Å². The second-order valence-electron chi connectivity index (χ2n) is 38.0. The van der Waals surface area contributed by atoms with Crippen molar-refractivity contribution < 1.29 is 126 Å². The van der Waals surface area contributed by atoms with Gasteiger partial charge in [0.1, 0.15) is 118 Å². The average molecular weight is 1970 g/mol. The van der Waals surface area contributed by atoms with Gasteiger partial charge in [-0.2, -0.15) is 0 Å². The van der Waals surface area contributed by atoms with Gasteiger partial charge in [-0.05, 0) is 140 Å². The highest BCUT2D eigenvalue weighted by Gasteiger charge is 2.30. The van der Waals surface area contributed by atoms with E-state index < -0.39 is 6.09 Å². The molecular formula is C100H227N18O18+9. The fourth-order valence-corrected chi connectivity index (χ4v) is 15.1. The monoisotopic (exact) mass is 1970 g/mol. The molecule has 9 amide bonds. The van der Waals surface area contributed by atoms with E-state index in [-0.39, 0.29) is 48.7 Å². The summed E-state index contributed by atoms with van der Waals surface area (Å²) in [5.41, 5.74) is 4.97. The maximum Gasteiger partial charge on any atom is 0.409 e. The van der Waals surface area contributed by atoms with Crippen LogP contribution in [0.3, 0.4) is 0 Å². The zero-order valence-corrected chi connectivity index (χ0v) is 96.0. The lowest BCUT2D eigenvalue weighted by atomic mass is 10.2. The van der Waals surface area contributed by atoms with E-state index >= 15 is 0 Å². The molecule has 36 nitrogen and oxygen atoms in total. The first-order valence-corrected chi connectivity index (χ1v) is 52.1. The Morgan fingerprint density at radius 2 is 0.353 bits per heavy atom. The minimum absolute atomic E-state index is 0.240. The highest BCUT2D eigenvalue weighted by Crippen LogP contribution is 2.17. The molecule has 0 spiro atoms. The van der Waals surface area contributed by atoms with E-state index in [1.54, 1.807) is 84.6 Å². The van der Waals surface area contributed by atoms with Gasteiger partial charge in [0.25, 0.3) is 0 Å². The fraction of sp³-hybridized carbons (Fsp3) is 0.910. The molecule has 0 bridgehead atoms. The molecule has 0 aliphatic heterocycles. The quantitative estimate of drug-likeness (QED) is 0.0279. The van der Waals surface area contributed by atoms with E-state index in [2.05, 4.69) is 188 Å². The Balaban J connectivity index is -0.000000191. The molecule has 136 heavy (non-hydrogen) atoms. The van der Waals surface area contributed by atoms with Crippen molar-refractivity contribution in [2.45, 2.75) is 229 Å². The van der Waals surface area contributed by atoms with Gasteiger partial charge in [0.05, 0.1) is 180 Å². The lowest BCUT2D eigenvalue weighted by molar-refractivity contribution is -0.927. The van der Waals surface area contributed by atoms with E-state index in [4.69, 9.17) is 48.4 Å². The number of unbranched alkanes of at least 4 members (excludes halogenated alkanes) is 3. The van der Waals surface area contributed by atoms with Crippen LogP contribution in [0.4, 0.5) is 43.2 Å². The van der Waals surface area contributed by atoms with Gasteiger partial charge in [-0.1, -0.05) is 88.5 Å². The van der Waals surface area contributed by atoms with Crippen molar-refractivity contribution in [3.8, 4) is 0 Å². The van der Waals surface area contributed by atoms with Crippen LogP contribution in [0.5, 0.6) is 0 Å². The van der Waals surface area contributed by atoms with Crippen molar-refractivity contribution in [1.82, 2.24) is 40.9 Å². The number of hydrogen-bond donors (Lipinski definition) is 5. The Morgan fingerprint density at radius 1 is 0.206 bits per heavy atom. The van der Waals surface area contributed by atoms with Crippen LogP contribution in [0, 0.1) is 0 Å². The molecule has 0 radical (unpaired) electrons. The number of hydrogen-bond acceptors (Lipinski definition) is 18. The van der Waals surface area contributed by atoms with Crippen LogP contribution in [-0.4, -0.2) is 497 Å². The van der Waals surface area contributed by atoms with Gasteiger partial charge in [0, 0.05) is 84.6 Å². The van der Waals surface area contributed by atoms with Crippen molar-refractivity contribution in [1.29, 1.82) is 0 Å². The smallest absolute Gasteiger partial charge is 0.409 e. The number of nitrogens with zero attached hydrogens (tertiary/aromatic N) is 13. The van der Waals surface area contributed by atoms with Gasteiger partial charge in [-0.3, -0.25) is 0 Å². The molecule has 36 heteroatoms. The summed E-state index contributed by atoms with van der Waals surface area (Å²) in [7, 11) is 32.2. The van der Waals surface area contributed by atoms with Crippen LogP contribution < -0.4 is 27.0 Å². The number of alkyl carbamates (subject to hydrolysis) is 4. The van der Waals surface area contributed by atoms with Crippen LogP contribution in [0.15, 0.2) is 0 Å². The van der Waals surface area contributed by atoms with E-state index in [1.807, 2.05) is 21.1 Å². The largest absolute Gasteiger partial charge is 0.444 e. The first-order valence-electron chi connectivity index (χ1n) is 52.1. The molecule has 816 valence electrons. The minimum Gasteiger partial charge on any atom is -0.444 e. The molecule has 0 heterocycles. The zero-order chi connectivity index (χ0) is 107. The minimum atomic E-state index is -0.666. The molecule has 0 aromatic heterocycles. The Kier molecular flexibility index (Phi) is 97.8. The second-order valence-corrected chi connectivity index (χ2v) is 38.0. The normalized spacial score (nSPS) is 12.3. The van der Waals surface area contributed by atoms with Gasteiger partial charge >= 0.3 is 54.8 Å². The predicted octanol–water partition coefficient (Wildman–Crippen LogP) is 14.8. The molecule has 0 aliphatic rings. The third-order valence-corrected chi connectivity index (χ3v) is 25.1. The maximum atomic E-state index is 11.4. The van der Waals surface area contributed by atoms with Gasteiger partial charge in [-0.25, -0.2) is 43.2 Å². The number of primary amides is 1. The summed E-state index contributed by atoms with van der Waals surface area (Å²) in [4.78, 5) is 105. The van der Waals surface area contributed by atoms with Gasteiger partial charge in [-0.15, -0.1) is 0 Å². The number of likely N-dealkylation sites (N-methyl/N-ethyl adjacent to an activating group) is 9. The number of nitrogens with two attached hydrogens (primary N) is 1. The number of carbonyl (C=O) groups excluding carboxylic acids is 9. The summed E-state index contributed by atoms with van der Waals surface area (Å²) in [6, 6.07) is 0. The SMILES string of the molecule is CCCC[N+](CC)(CCC)CCOC(=O)N(C)C.CCCC[N+](CC)(CCC)CCOC(=O)NC.CCCC[N+](CC)(CCC)CCOC(N)=O.CCC[N+](CC)(CCC)CCOC(=O)N(C)C.CCC[N+](CC)(CCC)CCOC(=O)NC.CC[N+](CC)(CC)CCOC(=O)N(C)C.CC[N+](CC)(CC)CCOC(=O)NC.CN(C)C(=O)OCC[N+](C)(C)C.CNC(=O)OCC[N+](C)(C)C. The third kappa shape index (κ3) is 82.9. The summed E-state index contributed by atoms with van der Waals surface area (Å²) in [5.74, 6) is 0. The van der Waals surface area contributed by atoms with Crippen molar-refractivity contribution in [2.75, 3.05) is 383 Å². The van der Waals surface area contributed by atoms with Crippen molar-refractivity contribution in [2.24, 2.45) is 5.73 Å². The van der Waals surface area contributed by atoms with Crippen LogP contribution in [-0.2, 0) is 42.6 Å². The van der Waals surface area contributed by atoms with E-state index in [9.17, 15) is 43.2 Å². The summed E-state index contributed by atoms with van der Waals surface area (Å²) >= 11 is 0. The molecular weight excluding hydrogens is 1740 g/mol. The molecule has 0 aromatic carbocycles. The van der Waals surface area contributed by atoms with E-state index in [0.717, 1.165) is 184 Å². The molecule has 0 aromatic rings. The van der Waals surface area contributed by atoms with Crippen LogP contribution in [0.25, 0.3) is 0 Å². The summed E-state index contributed by atoms with van der Waals surface area (Å²) in [6.45, 7) is 82.6.